The van der Waals surface area contributed by atoms with Crippen LogP contribution < -0.4 is 9.88 Å². The second-order valence-electron chi connectivity index (χ2n) is 2.38. The van der Waals surface area contributed by atoms with Gasteiger partial charge in [-0.25, -0.2) is 4.21 Å². The lowest BCUT2D eigenvalue weighted by Gasteiger charge is -2.01. The molecule has 1 unspecified atom stereocenters. The van der Waals surface area contributed by atoms with Crippen molar-refractivity contribution in [2.45, 2.75) is 5.75 Å². The Morgan fingerprint density at radius 1 is 1.58 bits per heavy atom. The van der Waals surface area contributed by atoms with Crippen molar-refractivity contribution in [3.05, 3.63) is 29.8 Å². The summed E-state index contributed by atoms with van der Waals surface area (Å²) < 4.78 is 15.7. The van der Waals surface area contributed by atoms with Gasteiger partial charge in [-0.05, 0) is 17.7 Å². The van der Waals surface area contributed by atoms with Crippen LogP contribution in [0.15, 0.2) is 24.3 Å². The standard InChI is InChI=1S/C8H11NO2S/c1-11-8-4-2-3-7(5-8)6-12(9)10/h2-5H,6,9H2,1H3. The topological polar surface area (TPSA) is 52.3 Å². The molecule has 0 radical (unpaired) electrons. The monoisotopic (exact) mass is 185 g/mol. The van der Waals surface area contributed by atoms with Crippen molar-refractivity contribution in [1.29, 1.82) is 0 Å². The Morgan fingerprint density at radius 3 is 2.92 bits per heavy atom. The summed E-state index contributed by atoms with van der Waals surface area (Å²) in [5.74, 6) is 1.13. The SMILES string of the molecule is COc1cccc(CS(N)=O)c1. The molecule has 0 amide bonds. The first-order valence-corrected chi connectivity index (χ1v) is 4.86. The molecule has 2 N–H and O–H groups in total. The molecule has 0 aromatic heterocycles. The van der Waals surface area contributed by atoms with E-state index in [4.69, 9.17) is 9.88 Å². The first kappa shape index (κ1) is 9.22. The van der Waals surface area contributed by atoms with Gasteiger partial charge >= 0.3 is 0 Å². The van der Waals surface area contributed by atoms with Crippen molar-refractivity contribution < 1.29 is 8.95 Å². The molecule has 0 aliphatic rings. The molecule has 1 aromatic rings. The molecular weight excluding hydrogens is 174 g/mol. The van der Waals surface area contributed by atoms with Crippen LogP contribution in [0.25, 0.3) is 0 Å². The quantitative estimate of drug-likeness (QED) is 0.758. The Morgan fingerprint density at radius 2 is 2.33 bits per heavy atom. The maximum atomic E-state index is 10.7. The van der Waals surface area contributed by atoms with E-state index in [0.717, 1.165) is 11.3 Å². The van der Waals surface area contributed by atoms with Crippen molar-refractivity contribution >= 4 is 11.0 Å². The zero-order chi connectivity index (χ0) is 8.97. The molecule has 0 spiro atoms. The van der Waals surface area contributed by atoms with Crippen molar-refractivity contribution in [2.75, 3.05) is 7.11 Å². The third-order valence-electron chi connectivity index (χ3n) is 1.44. The molecule has 1 rings (SSSR count). The van der Waals surface area contributed by atoms with Gasteiger partial charge in [-0.3, -0.25) is 5.14 Å². The zero-order valence-corrected chi connectivity index (χ0v) is 7.64. The van der Waals surface area contributed by atoms with Gasteiger partial charge in [0.15, 0.2) is 0 Å². The lowest BCUT2D eigenvalue weighted by molar-refractivity contribution is 0.414. The van der Waals surface area contributed by atoms with E-state index >= 15 is 0 Å². The molecule has 12 heavy (non-hydrogen) atoms. The van der Waals surface area contributed by atoms with Gasteiger partial charge < -0.3 is 4.74 Å². The predicted molar refractivity (Wildman–Crippen MR) is 49.0 cm³/mol. The molecular formula is C8H11NO2S. The summed E-state index contributed by atoms with van der Waals surface area (Å²) in [5.41, 5.74) is 0.926. The number of methoxy groups -OCH3 is 1. The van der Waals surface area contributed by atoms with Gasteiger partial charge in [-0.1, -0.05) is 12.1 Å². The summed E-state index contributed by atoms with van der Waals surface area (Å²) in [4.78, 5) is 0. The smallest absolute Gasteiger partial charge is 0.119 e. The minimum atomic E-state index is -1.28. The number of nitrogens with two attached hydrogens (primary N) is 1. The average Bonchev–Trinajstić information content (AvgIpc) is 2.03. The first-order valence-electron chi connectivity index (χ1n) is 3.48. The third kappa shape index (κ3) is 2.64. The predicted octanol–water partition coefficient (Wildman–Crippen LogP) is 0.818. The second-order valence-corrected chi connectivity index (χ2v) is 3.43. The molecule has 0 saturated heterocycles. The van der Waals surface area contributed by atoms with E-state index < -0.39 is 11.0 Å². The van der Waals surface area contributed by atoms with Gasteiger partial charge in [0.05, 0.1) is 23.8 Å². The highest BCUT2D eigenvalue weighted by molar-refractivity contribution is 7.81. The van der Waals surface area contributed by atoms with E-state index in [9.17, 15) is 4.21 Å². The largest absolute Gasteiger partial charge is 0.497 e. The van der Waals surface area contributed by atoms with Crippen LogP contribution in [0.2, 0.25) is 0 Å². The molecule has 0 aliphatic heterocycles. The average molecular weight is 185 g/mol. The highest BCUT2D eigenvalue weighted by atomic mass is 32.2. The van der Waals surface area contributed by atoms with Crippen LogP contribution in [0.3, 0.4) is 0 Å². The van der Waals surface area contributed by atoms with Crippen LogP contribution in [0.4, 0.5) is 0 Å². The lowest BCUT2D eigenvalue weighted by atomic mass is 10.2. The van der Waals surface area contributed by atoms with Gasteiger partial charge in [0.1, 0.15) is 5.75 Å². The van der Waals surface area contributed by atoms with Gasteiger partial charge in [-0.2, -0.15) is 0 Å². The summed E-state index contributed by atoms with van der Waals surface area (Å²) in [7, 11) is 0.313. The fraction of sp³-hybridized carbons (Fsp3) is 0.250. The van der Waals surface area contributed by atoms with E-state index in [1.807, 2.05) is 24.3 Å². The van der Waals surface area contributed by atoms with Crippen molar-refractivity contribution in [3.63, 3.8) is 0 Å². The van der Waals surface area contributed by atoms with Crippen LogP contribution in [-0.4, -0.2) is 11.3 Å². The Labute approximate surface area is 74.1 Å². The van der Waals surface area contributed by atoms with E-state index in [1.54, 1.807) is 7.11 Å². The maximum absolute atomic E-state index is 10.7. The van der Waals surface area contributed by atoms with Gasteiger partial charge in [0, 0.05) is 0 Å². The molecule has 0 bridgehead atoms. The Balaban J connectivity index is 2.79. The maximum Gasteiger partial charge on any atom is 0.119 e. The van der Waals surface area contributed by atoms with E-state index in [1.165, 1.54) is 0 Å². The Bertz CT molecular complexity index is 288. The van der Waals surface area contributed by atoms with E-state index in [2.05, 4.69) is 0 Å². The fourth-order valence-electron chi connectivity index (χ4n) is 0.927. The van der Waals surface area contributed by atoms with Crippen LogP contribution in [0.5, 0.6) is 5.75 Å². The molecule has 0 saturated carbocycles. The summed E-state index contributed by atoms with van der Waals surface area (Å²) >= 11 is 0. The summed E-state index contributed by atoms with van der Waals surface area (Å²) in [6, 6.07) is 7.38. The highest BCUT2D eigenvalue weighted by Crippen LogP contribution is 2.12. The first-order chi connectivity index (χ1) is 5.72. The number of hydrogen-bond donors (Lipinski definition) is 1. The Hall–Kier alpha value is -0.870. The number of rotatable bonds is 3. The van der Waals surface area contributed by atoms with Gasteiger partial charge in [0.2, 0.25) is 0 Å². The number of hydrogen-bond acceptors (Lipinski definition) is 2. The van der Waals surface area contributed by atoms with E-state index in [-0.39, 0.29) is 0 Å². The zero-order valence-electron chi connectivity index (χ0n) is 6.82. The molecule has 4 heteroatoms. The molecule has 3 nitrogen and oxygen atoms in total. The molecule has 0 heterocycles. The van der Waals surface area contributed by atoms with Crippen molar-refractivity contribution in [1.82, 2.24) is 0 Å². The Kier molecular flexibility index (Phi) is 3.25. The summed E-state index contributed by atoms with van der Waals surface area (Å²) in [5, 5.41) is 5.15. The van der Waals surface area contributed by atoms with Crippen molar-refractivity contribution in [2.24, 2.45) is 5.14 Å². The summed E-state index contributed by atoms with van der Waals surface area (Å²) in [6.45, 7) is 0. The summed E-state index contributed by atoms with van der Waals surface area (Å²) in [6.07, 6.45) is 0. The van der Waals surface area contributed by atoms with E-state index in [0.29, 0.717) is 5.75 Å². The normalized spacial score (nSPS) is 12.5. The van der Waals surface area contributed by atoms with Crippen molar-refractivity contribution in [3.8, 4) is 5.75 Å². The number of ether oxygens (including phenoxy) is 1. The van der Waals surface area contributed by atoms with Crippen LogP contribution in [-0.2, 0) is 16.7 Å². The molecule has 0 fully saturated rings. The molecule has 66 valence electrons. The third-order valence-corrected chi connectivity index (χ3v) is 2.06. The van der Waals surface area contributed by atoms with Gasteiger partial charge in [-0.15, -0.1) is 0 Å². The minimum absolute atomic E-state index is 0.372. The fourth-order valence-corrected chi connectivity index (χ4v) is 1.43. The second kappa shape index (κ2) is 4.23. The highest BCUT2D eigenvalue weighted by Gasteiger charge is 1.97. The molecule has 0 aliphatic carbocycles. The molecule has 1 atom stereocenters. The lowest BCUT2D eigenvalue weighted by Crippen LogP contribution is -2.05. The molecule has 1 aromatic carbocycles. The van der Waals surface area contributed by atoms with Crippen LogP contribution in [0, 0.1) is 0 Å². The number of benzene rings is 1. The van der Waals surface area contributed by atoms with Crippen LogP contribution in [0.1, 0.15) is 5.56 Å². The van der Waals surface area contributed by atoms with Crippen LogP contribution >= 0.6 is 0 Å². The van der Waals surface area contributed by atoms with Gasteiger partial charge in [0.25, 0.3) is 0 Å². The minimum Gasteiger partial charge on any atom is -0.497 e.